The van der Waals surface area contributed by atoms with Crippen molar-refractivity contribution in [2.24, 2.45) is 0 Å². The van der Waals surface area contributed by atoms with Crippen molar-refractivity contribution in [2.45, 2.75) is 26.0 Å². The van der Waals surface area contributed by atoms with Crippen LogP contribution in [0.1, 0.15) is 12.0 Å². The van der Waals surface area contributed by atoms with Gasteiger partial charge in [-0.2, -0.15) is 0 Å². The lowest BCUT2D eigenvalue weighted by Crippen LogP contribution is -2.31. The van der Waals surface area contributed by atoms with Crippen LogP contribution in [0, 0.1) is 6.92 Å². The fourth-order valence-electron chi connectivity index (χ4n) is 2.43. The average Bonchev–Trinajstić information content (AvgIpc) is 2.76. The van der Waals surface area contributed by atoms with E-state index in [1.54, 1.807) is 7.11 Å². The minimum atomic E-state index is -0.537. The molecule has 0 spiro atoms. The molecule has 0 aliphatic carbocycles. The van der Waals surface area contributed by atoms with Crippen LogP contribution < -0.4 is 5.32 Å². The maximum atomic E-state index is 12.0. The molecule has 0 radical (unpaired) electrons. The Kier molecular flexibility index (Phi) is 5.36. The Labute approximate surface area is 124 Å². The first kappa shape index (κ1) is 15.5. The molecule has 5 heteroatoms. The molecule has 0 saturated carbocycles. The summed E-state index contributed by atoms with van der Waals surface area (Å²) in [6.07, 6.45) is 1.94. The molecule has 1 unspecified atom stereocenters. The summed E-state index contributed by atoms with van der Waals surface area (Å²) < 4.78 is 6.79. The van der Waals surface area contributed by atoms with Crippen molar-refractivity contribution < 1.29 is 14.6 Å². The van der Waals surface area contributed by atoms with E-state index in [4.69, 9.17) is 4.74 Å². The standard InChI is InChI=1S/C16H22N2O3/c1-12-9-18(15-6-4-3-5-14(12)15)10-16(20)17-8-7-13(19)11-21-2/h3-6,9,13,19H,7-8,10-11H2,1-2H3,(H,17,20). The summed E-state index contributed by atoms with van der Waals surface area (Å²) in [5.74, 6) is -0.0552. The molecular formula is C16H22N2O3. The number of hydrogen-bond acceptors (Lipinski definition) is 3. The molecule has 0 bridgehead atoms. The Hall–Kier alpha value is -1.85. The Balaban J connectivity index is 1.90. The van der Waals surface area contributed by atoms with E-state index < -0.39 is 6.10 Å². The molecule has 1 amide bonds. The van der Waals surface area contributed by atoms with Gasteiger partial charge in [-0.15, -0.1) is 0 Å². The molecular weight excluding hydrogens is 268 g/mol. The average molecular weight is 290 g/mol. The molecule has 0 aliphatic heterocycles. The number of aromatic nitrogens is 1. The highest BCUT2D eigenvalue weighted by Crippen LogP contribution is 2.19. The number of aliphatic hydroxyl groups excluding tert-OH is 1. The second kappa shape index (κ2) is 7.24. The summed E-state index contributed by atoms with van der Waals surface area (Å²) in [6, 6.07) is 8.03. The molecule has 21 heavy (non-hydrogen) atoms. The lowest BCUT2D eigenvalue weighted by atomic mass is 10.2. The van der Waals surface area contributed by atoms with Gasteiger partial charge in [-0.1, -0.05) is 18.2 Å². The number of carbonyl (C=O) groups is 1. The van der Waals surface area contributed by atoms with E-state index >= 15 is 0 Å². The number of ether oxygens (including phenoxy) is 1. The minimum Gasteiger partial charge on any atom is -0.391 e. The zero-order chi connectivity index (χ0) is 15.2. The van der Waals surface area contributed by atoms with Gasteiger partial charge in [0, 0.05) is 30.8 Å². The summed E-state index contributed by atoms with van der Waals surface area (Å²) in [6.45, 7) is 3.06. The van der Waals surface area contributed by atoms with Crippen LogP contribution in [-0.4, -0.2) is 41.9 Å². The minimum absolute atomic E-state index is 0.0552. The highest BCUT2D eigenvalue weighted by atomic mass is 16.5. The monoisotopic (exact) mass is 290 g/mol. The third kappa shape index (κ3) is 4.06. The molecule has 1 aromatic heterocycles. The second-order valence-corrected chi connectivity index (χ2v) is 5.20. The van der Waals surface area contributed by atoms with Crippen molar-refractivity contribution in [1.82, 2.24) is 9.88 Å². The molecule has 1 atom stereocenters. The smallest absolute Gasteiger partial charge is 0.239 e. The van der Waals surface area contributed by atoms with Crippen molar-refractivity contribution >= 4 is 16.8 Å². The third-order valence-electron chi connectivity index (χ3n) is 3.46. The van der Waals surface area contributed by atoms with Gasteiger partial charge in [0.1, 0.15) is 6.54 Å². The number of benzene rings is 1. The molecule has 5 nitrogen and oxygen atoms in total. The van der Waals surface area contributed by atoms with Gasteiger partial charge < -0.3 is 19.7 Å². The van der Waals surface area contributed by atoms with Crippen LogP contribution in [-0.2, 0) is 16.1 Å². The van der Waals surface area contributed by atoms with Crippen molar-refractivity contribution in [1.29, 1.82) is 0 Å². The Morgan fingerprint density at radius 2 is 2.19 bits per heavy atom. The summed E-state index contributed by atoms with van der Waals surface area (Å²) in [7, 11) is 1.54. The van der Waals surface area contributed by atoms with E-state index in [0.29, 0.717) is 13.0 Å². The number of rotatable bonds is 7. The van der Waals surface area contributed by atoms with E-state index in [-0.39, 0.29) is 19.1 Å². The van der Waals surface area contributed by atoms with Crippen LogP contribution >= 0.6 is 0 Å². The maximum absolute atomic E-state index is 12.0. The predicted molar refractivity (Wildman–Crippen MR) is 82.2 cm³/mol. The number of carbonyl (C=O) groups excluding carboxylic acids is 1. The van der Waals surface area contributed by atoms with Gasteiger partial charge in [-0.25, -0.2) is 0 Å². The van der Waals surface area contributed by atoms with Crippen molar-refractivity contribution in [3.05, 3.63) is 36.0 Å². The zero-order valence-electron chi connectivity index (χ0n) is 12.5. The van der Waals surface area contributed by atoms with Crippen LogP contribution in [0.15, 0.2) is 30.5 Å². The fraction of sp³-hybridized carbons (Fsp3) is 0.438. The summed E-state index contributed by atoms with van der Waals surface area (Å²) in [4.78, 5) is 12.0. The molecule has 0 saturated heterocycles. The van der Waals surface area contributed by atoms with E-state index in [1.807, 2.05) is 35.9 Å². The first-order valence-electron chi connectivity index (χ1n) is 7.10. The molecule has 0 aliphatic rings. The quantitative estimate of drug-likeness (QED) is 0.811. The van der Waals surface area contributed by atoms with Crippen LogP contribution in [0.2, 0.25) is 0 Å². The number of amides is 1. The zero-order valence-corrected chi connectivity index (χ0v) is 12.5. The SMILES string of the molecule is COCC(O)CCNC(=O)Cn1cc(C)c2ccccc21. The Bertz CT molecular complexity index is 607. The molecule has 0 fully saturated rings. The summed E-state index contributed by atoms with van der Waals surface area (Å²) >= 11 is 0. The van der Waals surface area contributed by atoms with Crippen LogP contribution in [0.25, 0.3) is 10.9 Å². The van der Waals surface area contributed by atoms with Gasteiger partial charge in [0.2, 0.25) is 5.91 Å². The van der Waals surface area contributed by atoms with Crippen molar-refractivity contribution in [3.63, 3.8) is 0 Å². The summed E-state index contributed by atoms with van der Waals surface area (Å²) in [5.41, 5.74) is 2.22. The number of fused-ring (bicyclic) bond motifs is 1. The van der Waals surface area contributed by atoms with E-state index in [1.165, 1.54) is 5.39 Å². The molecule has 114 valence electrons. The van der Waals surface area contributed by atoms with Gasteiger partial charge in [-0.05, 0) is 25.0 Å². The number of hydrogen-bond donors (Lipinski definition) is 2. The van der Waals surface area contributed by atoms with Crippen LogP contribution in [0.3, 0.4) is 0 Å². The second-order valence-electron chi connectivity index (χ2n) is 5.20. The number of nitrogens with zero attached hydrogens (tertiary/aromatic N) is 1. The van der Waals surface area contributed by atoms with E-state index in [0.717, 1.165) is 11.1 Å². The number of methoxy groups -OCH3 is 1. The number of nitrogens with one attached hydrogen (secondary N) is 1. The molecule has 2 aromatic rings. The number of para-hydroxylation sites is 1. The summed E-state index contributed by atoms with van der Waals surface area (Å²) in [5, 5.41) is 13.5. The molecule has 2 rings (SSSR count). The first-order chi connectivity index (χ1) is 10.1. The van der Waals surface area contributed by atoms with E-state index in [9.17, 15) is 9.90 Å². The third-order valence-corrected chi connectivity index (χ3v) is 3.46. The van der Waals surface area contributed by atoms with Gasteiger partial charge in [-0.3, -0.25) is 4.79 Å². The molecule has 1 heterocycles. The van der Waals surface area contributed by atoms with Crippen molar-refractivity contribution in [2.75, 3.05) is 20.3 Å². The topological polar surface area (TPSA) is 63.5 Å². The highest BCUT2D eigenvalue weighted by molar-refractivity contribution is 5.85. The molecule has 1 aromatic carbocycles. The predicted octanol–water partition coefficient (Wildman–Crippen LogP) is 1.46. The van der Waals surface area contributed by atoms with Gasteiger partial charge in [0.25, 0.3) is 0 Å². The normalized spacial score (nSPS) is 12.5. The van der Waals surface area contributed by atoms with Crippen LogP contribution in [0.4, 0.5) is 0 Å². The first-order valence-corrected chi connectivity index (χ1v) is 7.10. The van der Waals surface area contributed by atoms with E-state index in [2.05, 4.69) is 11.4 Å². The lowest BCUT2D eigenvalue weighted by Gasteiger charge is -2.10. The number of aryl methyl sites for hydroxylation is 1. The van der Waals surface area contributed by atoms with Crippen molar-refractivity contribution in [3.8, 4) is 0 Å². The fourth-order valence-corrected chi connectivity index (χ4v) is 2.43. The largest absolute Gasteiger partial charge is 0.391 e. The van der Waals surface area contributed by atoms with Gasteiger partial charge in [0.15, 0.2) is 0 Å². The van der Waals surface area contributed by atoms with Gasteiger partial charge >= 0.3 is 0 Å². The highest BCUT2D eigenvalue weighted by Gasteiger charge is 2.09. The maximum Gasteiger partial charge on any atom is 0.239 e. The van der Waals surface area contributed by atoms with Crippen LogP contribution in [0.5, 0.6) is 0 Å². The Morgan fingerprint density at radius 1 is 1.43 bits per heavy atom. The molecule has 2 N–H and O–H groups in total. The number of aliphatic hydroxyl groups is 1. The lowest BCUT2D eigenvalue weighted by molar-refractivity contribution is -0.121. The Morgan fingerprint density at radius 3 is 2.95 bits per heavy atom. The van der Waals surface area contributed by atoms with Gasteiger partial charge in [0.05, 0.1) is 12.7 Å².